The van der Waals surface area contributed by atoms with E-state index in [4.69, 9.17) is 11.6 Å². The molecule has 0 radical (unpaired) electrons. The van der Waals surface area contributed by atoms with Gasteiger partial charge < -0.3 is 9.47 Å². The van der Waals surface area contributed by atoms with E-state index in [2.05, 4.69) is 20.9 Å². The van der Waals surface area contributed by atoms with Gasteiger partial charge in [0, 0.05) is 64.1 Å². The number of anilines is 1. The minimum Gasteiger partial charge on any atom is -0.369 e. The van der Waals surface area contributed by atoms with Gasteiger partial charge in [-0.25, -0.2) is 9.78 Å². The standard InChI is InChI=1S/C19H23ClN6O2/c1-22-17-16(18(27)23(2)19(22)28)26(13-21-17)11-8-24-6-9-25(10-7-24)15-5-3-4-14(20)12-15/h3-5,12-13H,6-11H2,1-2H3. The van der Waals surface area contributed by atoms with Gasteiger partial charge in [-0.1, -0.05) is 17.7 Å². The molecule has 0 amide bonds. The Morgan fingerprint density at radius 1 is 1.04 bits per heavy atom. The average molecular weight is 403 g/mol. The molecule has 0 bridgehead atoms. The number of aryl methyl sites for hydroxylation is 1. The Bertz CT molecular complexity index is 1120. The summed E-state index contributed by atoms with van der Waals surface area (Å²) < 4.78 is 4.39. The number of halogens is 1. The summed E-state index contributed by atoms with van der Waals surface area (Å²) >= 11 is 6.10. The van der Waals surface area contributed by atoms with E-state index in [1.807, 2.05) is 22.8 Å². The molecule has 2 aromatic heterocycles. The quantitative estimate of drug-likeness (QED) is 0.649. The highest BCUT2D eigenvalue weighted by Gasteiger charge is 2.19. The first-order chi connectivity index (χ1) is 13.5. The van der Waals surface area contributed by atoms with Crippen molar-refractivity contribution in [2.45, 2.75) is 6.54 Å². The Balaban J connectivity index is 1.44. The van der Waals surface area contributed by atoms with Crippen LogP contribution >= 0.6 is 11.6 Å². The zero-order chi connectivity index (χ0) is 19.8. The lowest BCUT2D eigenvalue weighted by Crippen LogP contribution is -2.47. The molecule has 0 unspecified atom stereocenters. The van der Waals surface area contributed by atoms with Crippen LogP contribution in [0, 0.1) is 0 Å². The molecular formula is C19H23ClN6O2. The van der Waals surface area contributed by atoms with Crippen molar-refractivity contribution in [3.63, 3.8) is 0 Å². The second-order valence-corrected chi connectivity index (χ2v) is 7.56. The zero-order valence-corrected chi connectivity index (χ0v) is 16.8. The third-order valence-electron chi connectivity index (χ3n) is 5.42. The van der Waals surface area contributed by atoms with Gasteiger partial charge in [-0.05, 0) is 18.2 Å². The molecule has 0 saturated carbocycles. The van der Waals surface area contributed by atoms with Crippen molar-refractivity contribution in [3.05, 3.63) is 56.5 Å². The van der Waals surface area contributed by atoms with Gasteiger partial charge in [0.05, 0.1) is 6.33 Å². The van der Waals surface area contributed by atoms with Crippen LogP contribution in [0.2, 0.25) is 5.02 Å². The van der Waals surface area contributed by atoms with Crippen molar-refractivity contribution in [3.8, 4) is 0 Å². The Hall–Kier alpha value is -2.58. The summed E-state index contributed by atoms with van der Waals surface area (Å²) in [5.41, 5.74) is 1.39. The predicted molar refractivity (Wildman–Crippen MR) is 110 cm³/mol. The maximum absolute atomic E-state index is 12.5. The first-order valence-corrected chi connectivity index (χ1v) is 9.67. The van der Waals surface area contributed by atoms with Crippen molar-refractivity contribution < 1.29 is 0 Å². The van der Waals surface area contributed by atoms with Crippen molar-refractivity contribution in [2.75, 3.05) is 37.6 Å². The number of hydrogen-bond donors (Lipinski definition) is 0. The van der Waals surface area contributed by atoms with Crippen LogP contribution in [0.5, 0.6) is 0 Å². The molecule has 1 aliphatic heterocycles. The Kier molecular flexibility index (Phi) is 4.99. The van der Waals surface area contributed by atoms with Crippen LogP contribution in [0.4, 0.5) is 5.69 Å². The third-order valence-corrected chi connectivity index (χ3v) is 5.66. The molecule has 8 nitrogen and oxygen atoms in total. The lowest BCUT2D eigenvalue weighted by molar-refractivity contribution is 0.249. The van der Waals surface area contributed by atoms with Crippen molar-refractivity contribution in [2.24, 2.45) is 14.1 Å². The molecule has 0 N–H and O–H groups in total. The Morgan fingerprint density at radius 2 is 1.79 bits per heavy atom. The molecule has 0 aliphatic carbocycles. The van der Waals surface area contributed by atoms with E-state index in [-0.39, 0.29) is 11.2 Å². The van der Waals surface area contributed by atoms with E-state index in [1.54, 1.807) is 13.4 Å². The summed E-state index contributed by atoms with van der Waals surface area (Å²) in [6.07, 6.45) is 1.65. The van der Waals surface area contributed by atoms with E-state index < -0.39 is 0 Å². The van der Waals surface area contributed by atoms with Gasteiger partial charge in [-0.3, -0.25) is 18.8 Å². The van der Waals surface area contributed by atoms with Gasteiger partial charge in [0.25, 0.3) is 5.56 Å². The molecule has 28 heavy (non-hydrogen) atoms. The van der Waals surface area contributed by atoms with Crippen LogP contribution in [0.25, 0.3) is 11.2 Å². The highest BCUT2D eigenvalue weighted by molar-refractivity contribution is 6.30. The van der Waals surface area contributed by atoms with E-state index in [1.165, 1.54) is 11.6 Å². The summed E-state index contributed by atoms with van der Waals surface area (Å²) in [5.74, 6) is 0. The number of hydrogen-bond acceptors (Lipinski definition) is 5. The summed E-state index contributed by atoms with van der Waals surface area (Å²) in [6.45, 7) is 5.22. The number of fused-ring (bicyclic) bond motifs is 1. The van der Waals surface area contributed by atoms with Crippen LogP contribution in [0.15, 0.2) is 40.2 Å². The van der Waals surface area contributed by atoms with Gasteiger partial charge in [0.2, 0.25) is 0 Å². The highest BCUT2D eigenvalue weighted by atomic mass is 35.5. The summed E-state index contributed by atoms with van der Waals surface area (Å²) in [4.78, 5) is 33.5. The maximum Gasteiger partial charge on any atom is 0.332 e. The van der Waals surface area contributed by atoms with Crippen LogP contribution < -0.4 is 16.1 Å². The fourth-order valence-corrected chi connectivity index (χ4v) is 3.90. The molecule has 0 spiro atoms. The largest absolute Gasteiger partial charge is 0.369 e. The van der Waals surface area contributed by atoms with Gasteiger partial charge in [-0.15, -0.1) is 0 Å². The molecule has 1 fully saturated rings. The normalized spacial score (nSPS) is 15.5. The summed E-state index contributed by atoms with van der Waals surface area (Å²) in [7, 11) is 3.13. The zero-order valence-electron chi connectivity index (χ0n) is 16.0. The number of rotatable bonds is 4. The number of benzene rings is 1. The average Bonchev–Trinajstić information content (AvgIpc) is 3.13. The Labute approximate surface area is 167 Å². The van der Waals surface area contributed by atoms with Crippen LogP contribution in [0.3, 0.4) is 0 Å². The van der Waals surface area contributed by atoms with Gasteiger partial charge in [0.15, 0.2) is 11.2 Å². The van der Waals surface area contributed by atoms with Crippen molar-refractivity contribution >= 4 is 28.5 Å². The van der Waals surface area contributed by atoms with Crippen LogP contribution in [0.1, 0.15) is 0 Å². The first kappa shape index (κ1) is 18.8. The molecule has 4 rings (SSSR count). The van der Waals surface area contributed by atoms with E-state index in [0.717, 1.165) is 48.0 Å². The molecule has 1 aromatic carbocycles. The lowest BCUT2D eigenvalue weighted by atomic mass is 10.2. The van der Waals surface area contributed by atoms with Gasteiger partial charge in [-0.2, -0.15) is 0 Å². The number of nitrogens with zero attached hydrogens (tertiary/aromatic N) is 6. The first-order valence-electron chi connectivity index (χ1n) is 9.29. The summed E-state index contributed by atoms with van der Waals surface area (Å²) in [6, 6.07) is 7.94. The molecule has 3 heterocycles. The predicted octanol–water partition coefficient (Wildman–Crippen LogP) is 0.909. The molecule has 148 valence electrons. The summed E-state index contributed by atoms with van der Waals surface area (Å²) in [5, 5.41) is 0.753. The molecular weight excluding hydrogens is 380 g/mol. The monoisotopic (exact) mass is 402 g/mol. The second-order valence-electron chi connectivity index (χ2n) is 7.12. The Morgan fingerprint density at radius 3 is 2.50 bits per heavy atom. The van der Waals surface area contributed by atoms with Crippen molar-refractivity contribution in [1.82, 2.24) is 23.6 Å². The lowest BCUT2D eigenvalue weighted by Gasteiger charge is -2.36. The second kappa shape index (κ2) is 7.44. The van der Waals surface area contributed by atoms with Crippen LogP contribution in [-0.2, 0) is 20.6 Å². The highest BCUT2D eigenvalue weighted by Crippen LogP contribution is 2.20. The molecule has 3 aromatic rings. The number of piperazine rings is 1. The molecule has 9 heteroatoms. The number of imidazole rings is 1. The van der Waals surface area contributed by atoms with Crippen molar-refractivity contribution in [1.29, 1.82) is 0 Å². The minimum atomic E-state index is -0.361. The third kappa shape index (κ3) is 3.33. The molecule has 0 atom stereocenters. The number of aromatic nitrogens is 4. The molecule has 1 aliphatic rings. The van der Waals surface area contributed by atoms with Gasteiger partial charge >= 0.3 is 5.69 Å². The van der Waals surface area contributed by atoms with E-state index in [0.29, 0.717) is 17.7 Å². The van der Waals surface area contributed by atoms with E-state index in [9.17, 15) is 9.59 Å². The topological polar surface area (TPSA) is 68.3 Å². The van der Waals surface area contributed by atoms with E-state index >= 15 is 0 Å². The minimum absolute atomic E-state index is 0.304. The van der Waals surface area contributed by atoms with Gasteiger partial charge in [0.1, 0.15) is 0 Å². The smallest absolute Gasteiger partial charge is 0.332 e. The maximum atomic E-state index is 12.5. The van der Waals surface area contributed by atoms with Crippen LogP contribution in [-0.4, -0.2) is 56.3 Å². The SMILES string of the molecule is Cn1c(=O)c2c(ncn2CCN2CCN(c3cccc(Cl)c3)CC2)n(C)c1=O. The fourth-order valence-electron chi connectivity index (χ4n) is 3.72. The fraction of sp³-hybridized carbons (Fsp3) is 0.421. The molecule has 1 saturated heterocycles.